The molecular formula is C23H29N7O2. The Hall–Kier alpha value is -3.46. The van der Waals surface area contributed by atoms with Crippen LogP contribution in [-0.4, -0.2) is 43.7 Å². The number of piperidine rings is 1. The van der Waals surface area contributed by atoms with E-state index in [1.807, 2.05) is 35.2 Å². The molecule has 0 saturated carbocycles. The molecule has 4 rings (SSSR count). The smallest absolute Gasteiger partial charge is 0.267 e. The lowest BCUT2D eigenvalue weighted by Gasteiger charge is -2.30. The number of carbonyl (C=O) groups excluding carboxylic acids is 1. The molecule has 0 spiro atoms. The van der Waals surface area contributed by atoms with Crippen LogP contribution in [0.4, 0.5) is 11.8 Å². The van der Waals surface area contributed by atoms with Crippen molar-refractivity contribution in [3.8, 4) is 0 Å². The van der Waals surface area contributed by atoms with Crippen molar-refractivity contribution in [3.05, 3.63) is 47.8 Å². The second kappa shape index (κ2) is 9.78. The molecule has 0 unspecified atom stereocenters. The standard InChI is InChI=1S/C23H29N7O2/c1-3-29-15-25-20-21(26-23(27-22(20)29)30-11-9-16(2)10-12-30)24-14-18-6-4-5-17(13-18)7-8-19(31)28-32/h4-8,13,15-16,32H,3,9-12,14H2,1-2H3,(H,28,31)(H,24,26,27)/b8-7+. The van der Waals surface area contributed by atoms with Gasteiger partial charge in [0, 0.05) is 32.3 Å². The van der Waals surface area contributed by atoms with Crippen molar-refractivity contribution in [3.63, 3.8) is 0 Å². The molecule has 9 nitrogen and oxygen atoms in total. The minimum atomic E-state index is -0.567. The Morgan fingerprint density at radius 1 is 1.28 bits per heavy atom. The minimum absolute atomic E-state index is 0.551. The van der Waals surface area contributed by atoms with Gasteiger partial charge in [0.1, 0.15) is 0 Å². The Morgan fingerprint density at radius 2 is 2.09 bits per heavy atom. The predicted octanol–water partition coefficient (Wildman–Crippen LogP) is 3.21. The highest BCUT2D eigenvalue weighted by Gasteiger charge is 2.21. The summed E-state index contributed by atoms with van der Waals surface area (Å²) >= 11 is 0. The fourth-order valence-electron chi connectivity index (χ4n) is 3.84. The first-order valence-corrected chi connectivity index (χ1v) is 11.0. The summed E-state index contributed by atoms with van der Waals surface area (Å²) < 4.78 is 2.04. The molecule has 0 aliphatic carbocycles. The number of nitrogens with zero attached hydrogens (tertiary/aromatic N) is 5. The van der Waals surface area contributed by atoms with Crippen molar-refractivity contribution in [2.45, 2.75) is 39.8 Å². The van der Waals surface area contributed by atoms with Gasteiger partial charge in [0.25, 0.3) is 5.91 Å². The monoisotopic (exact) mass is 435 g/mol. The molecule has 2 aromatic heterocycles. The predicted molar refractivity (Wildman–Crippen MR) is 124 cm³/mol. The topological polar surface area (TPSA) is 108 Å². The highest BCUT2D eigenvalue weighted by atomic mass is 16.5. The molecule has 32 heavy (non-hydrogen) atoms. The number of hydrogen-bond donors (Lipinski definition) is 3. The minimum Gasteiger partial charge on any atom is -0.364 e. The lowest BCUT2D eigenvalue weighted by Crippen LogP contribution is -2.34. The molecule has 0 atom stereocenters. The molecule has 1 aliphatic heterocycles. The van der Waals surface area contributed by atoms with Crippen LogP contribution < -0.4 is 15.7 Å². The van der Waals surface area contributed by atoms with Crippen LogP contribution in [-0.2, 0) is 17.9 Å². The third kappa shape index (κ3) is 4.88. The number of rotatable bonds is 7. The Bertz CT molecular complexity index is 1120. The van der Waals surface area contributed by atoms with Gasteiger partial charge in [-0.1, -0.05) is 25.1 Å². The summed E-state index contributed by atoms with van der Waals surface area (Å²) in [5.41, 5.74) is 5.08. The van der Waals surface area contributed by atoms with Gasteiger partial charge in [0.15, 0.2) is 17.0 Å². The van der Waals surface area contributed by atoms with Gasteiger partial charge in [-0.05, 0) is 49.0 Å². The Labute approximate surface area is 187 Å². The van der Waals surface area contributed by atoms with Crippen LogP contribution in [0.25, 0.3) is 17.2 Å². The van der Waals surface area contributed by atoms with Crippen LogP contribution in [0.15, 0.2) is 36.7 Å². The van der Waals surface area contributed by atoms with E-state index in [1.54, 1.807) is 11.6 Å². The number of hydrogen-bond acceptors (Lipinski definition) is 7. The fourth-order valence-corrected chi connectivity index (χ4v) is 3.84. The number of amides is 1. The Kier molecular flexibility index (Phi) is 6.65. The summed E-state index contributed by atoms with van der Waals surface area (Å²) in [6.07, 6.45) is 7.03. The summed E-state index contributed by atoms with van der Waals surface area (Å²) in [7, 11) is 0. The van der Waals surface area contributed by atoms with Crippen LogP contribution >= 0.6 is 0 Å². The average molecular weight is 436 g/mol. The average Bonchev–Trinajstić information content (AvgIpc) is 3.25. The summed E-state index contributed by atoms with van der Waals surface area (Å²) in [5, 5.41) is 12.1. The molecule has 0 radical (unpaired) electrons. The Balaban J connectivity index is 1.58. The molecule has 3 heterocycles. The van der Waals surface area contributed by atoms with E-state index in [4.69, 9.17) is 15.2 Å². The fraction of sp³-hybridized carbons (Fsp3) is 0.391. The van der Waals surface area contributed by atoms with Gasteiger partial charge in [-0.15, -0.1) is 0 Å². The van der Waals surface area contributed by atoms with Crippen molar-refractivity contribution >= 4 is 34.9 Å². The number of benzene rings is 1. The van der Waals surface area contributed by atoms with Crippen LogP contribution in [0.3, 0.4) is 0 Å². The number of aromatic nitrogens is 4. The van der Waals surface area contributed by atoms with Crippen molar-refractivity contribution in [2.24, 2.45) is 5.92 Å². The van der Waals surface area contributed by atoms with Crippen LogP contribution in [0.1, 0.15) is 37.8 Å². The van der Waals surface area contributed by atoms with Gasteiger partial charge in [0.05, 0.1) is 6.33 Å². The highest BCUT2D eigenvalue weighted by Crippen LogP contribution is 2.26. The van der Waals surface area contributed by atoms with E-state index in [9.17, 15) is 4.79 Å². The molecule has 168 valence electrons. The molecule has 1 saturated heterocycles. The molecular weight excluding hydrogens is 406 g/mol. The van der Waals surface area contributed by atoms with E-state index in [0.717, 1.165) is 72.5 Å². The van der Waals surface area contributed by atoms with Crippen LogP contribution in [0.2, 0.25) is 0 Å². The van der Waals surface area contributed by atoms with E-state index >= 15 is 0 Å². The number of anilines is 2. The number of imidazole rings is 1. The maximum absolute atomic E-state index is 11.2. The van der Waals surface area contributed by atoms with Crippen LogP contribution in [0.5, 0.6) is 0 Å². The van der Waals surface area contributed by atoms with E-state index in [0.29, 0.717) is 6.54 Å². The zero-order chi connectivity index (χ0) is 22.5. The van der Waals surface area contributed by atoms with Gasteiger partial charge in [0.2, 0.25) is 5.95 Å². The first kappa shape index (κ1) is 21.8. The van der Waals surface area contributed by atoms with Gasteiger partial charge in [-0.3, -0.25) is 10.0 Å². The number of carbonyl (C=O) groups is 1. The molecule has 3 aromatic rings. The normalized spacial score (nSPS) is 14.9. The molecule has 9 heteroatoms. The summed E-state index contributed by atoms with van der Waals surface area (Å²) in [6, 6.07) is 7.80. The maximum atomic E-state index is 11.2. The highest BCUT2D eigenvalue weighted by molar-refractivity contribution is 5.90. The lowest BCUT2D eigenvalue weighted by molar-refractivity contribution is -0.124. The zero-order valence-corrected chi connectivity index (χ0v) is 18.5. The first-order chi connectivity index (χ1) is 15.6. The SMILES string of the molecule is CCn1cnc2c(NCc3cccc(/C=C/C(=O)NO)c3)nc(N3CCC(C)CC3)nc21. The van der Waals surface area contributed by atoms with Crippen LogP contribution in [0, 0.1) is 5.92 Å². The quantitative estimate of drug-likeness (QED) is 0.297. The summed E-state index contributed by atoms with van der Waals surface area (Å²) in [4.78, 5) is 27.7. The number of nitrogens with one attached hydrogen (secondary N) is 2. The van der Waals surface area contributed by atoms with Gasteiger partial charge < -0.3 is 14.8 Å². The Morgan fingerprint density at radius 3 is 2.84 bits per heavy atom. The van der Waals surface area contributed by atoms with E-state index < -0.39 is 5.91 Å². The van der Waals surface area contributed by atoms with Gasteiger partial charge in [-0.25, -0.2) is 10.5 Å². The number of fused-ring (bicyclic) bond motifs is 1. The first-order valence-electron chi connectivity index (χ1n) is 11.0. The van der Waals surface area contributed by atoms with Gasteiger partial charge in [-0.2, -0.15) is 9.97 Å². The van der Waals surface area contributed by atoms with Crippen molar-refractivity contribution in [1.82, 2.24) is 25.0 Å². The molecule has 1 amide bonds. The number of aryl methyl sites for hydroxylation is 1. The van der Waals surface area contributed by atoms with Crippen molar-refractivity contribution in [2.75, 3.05) is 23.3 Å². The summed E-state index contributed by atoms with van der Waals surface area (Å²) in [5.74, 6) is 1.63. The lowest BCUT2D eigenvalue weighted by atomic mass is 10.00. The van der Waals surface area contributed by atoms with E-state index in [-0.39, 0.29) is 0 Å². The maximum Gasteiger partial charge on any atom is 0.267 e. The molecule has 1 aliphatic rings. The van der Waals surface area contributed by atoms with E-state index in [2.05, 4.69) is 29.0 Å². The third-order valence-corrected chi connectivity index (χ3v) is 5.81. The largest absolute Gasteiger partial charge is 0.364 e. The van der Waals surface area contributed by atoms with E-state index in [1.165, 1.54) is 6.08 Å². The second-order valence-corrected chi connectivity index (χ2v) is 8.15. The zero-order valence-electron chi connectivity index (χ0n) is 18.5. The van der Waals surface area contributed by atoms with Crippen molar-refractivity contribution in [1.29, 1.82) is 0 Å². The molecule has 1 fully saturated rings. The van der Waals surface area contributed by atoms with Gasteiger partial charge >= 0.3 is 0 Å². The number of hydroxylamine groups is 1. The molecule has 1 aromatic carbocycles. The molecule has 3 N–H and O–H groups in total. The van der Waals surface area contributed by atoms with Crippen molar-refractivity contribution < 1.29 is 10.0 Å². The molecule has 0 bridgehead atoms. The third-order valence-electron chi connectivity index (χ3n) is 5.81. The summed E-state index contributed by atoms with van der Waals surface area (Å²) in [6.45, 7) is 7.63. The second-order valence-electron chi connectivity index (χ2n) is 8.15.